The highest BCUT2D eigenvalue weighted by molar-refractivity contribution is 5.88. The van der Waals surface area contributed by atoms with Crippen molar-refractivity contribution >= 4 is 22.8 Å². The van der Waals surface area contributed by atoms with Gasteiger partial charge in [-0.2, -0.15) is 5.10 Å². The molecular weight excluding hydrogens is 434 g/mol. The molecule has 2 aromatic carbocycles. The van der Waals surface area contributed by atoms with Crippen LogP contribution in [0.3, 0.4) is 0 Å². The molecule has 0 aliphatic carbocycles. The van der Waals surface area contributed by atoms with Crippen LogP contribution < -0.4 is 11.1 Å². The Kier molecular flexibility index (Phi) is 7.59. The molecule has 0 bridgehead atoms. The van der Waals surface area contributed by atoms with Crippen molar-refractivity contribution in [2.45, 2.75) is 31.6 Å². The van der Waals surface area contributed by atoms with E-state index in [1.807, 2.05) is 30.3 Å². The Bertz CT molecular complexity index is 1220. The van der Waals surface area contributed by atoms with Crippen LogP contribution >= 0.6 is 0 Å². The fraction of sp³-hybridized carbons (Fsp3) is 0.346. The molecule has 0 saturated carbocycles. The van der Waals surface area contributed by atoms with Crippen LogP contribution in [0.5, 0.6) is 5.75 Å². The van der Waals surface area contributed by atoms with E-state index < -0.39 is 17.6 Å². The van der Waals surface area contributed by atoms with E-state index in [0.717, 1.165) is 25.2 Å². The van der Waals surface area contributed by atoms with E-state index in [1.54, 1.807) is 24.3 Å². The van der Waals surface area contributed by atoms with Crippen molar-refractivity contribution in [3.05, 3.63) is 76.1 Å². The number of para-hydroxylation sites is 1. The number of rotatable bonds is 8. The minimum absolute atomic E-state index is 0.0967. The topological polar surface area (TPSA) is 104 Å². The highest BCUT2D eigenvalue weighted by Gasteiger charge is 2.27. The van der Waals surface area contributed by atoms with E-state index in [2.05, 4.69) is 20.2 Å². The summed E-state index contributed by atoms with van der Waals surface area (Å²) in [5.41, 5.74) is 3.87. The standard InChI is InChI=1S/C26H29N3O5/c1-33-26(32)28-27-19(13-16-29-14-7-8-15-29)17-21(18-9-3-2-4-10-18)23-24(30)20-11-5-6-12-22(20)34-25(23)31/h2-6,9-12,21,30H,7-8,13-17H2,1H3,(H,28,32)/b27-19-/t21-/m1/s1. The van der Waals surface area contributed by atoms with Crippen LogP contribution in [0, 0.1) is 0 Å². The van der Waals surface area contributed by atoms with E-state index in [9.17, 15) is 14.7 Å². The number of carbonyl (C=O) groups excluding carboxylic acids is 1. The Morgan fingerprint density at radius 3 is 2.59 bits per heavy atom. The van der Waals surface area contributed by atoms with Crippen LogP contribution in [0.2, 0.25) is 0 Å². The number of aromatic hydroxyl groups is 1. The van der Waals surface area contributed by atoms with Crippen molar-refractivity contribution in [1.29, 1.82) is 0 Å². The van der Waals surface area contributed by atoms with Gasteiger partial charge in [-0.15, -0.1) is 0 Å². The molecule has 3 aromatic rings. The second kappa shape index (κ2) is 11.0. The Hall–Kier alpha value is -3.65. The molecule has 1 fully saturated rings. The molecular formula is C26H29N3O5. The van der Waals surface area contributed by atoms with Crippen LogP contribution in [-0.2, 0) is 4.74 Å². The number of nitrogens with one attached hydrogen (secondary N) is 1. The van der Waals surface area contributed by atoms with E-state index in [4.69, 9.17) is 4.42 Å². The Balaban J connectivity index is 1.73. The third-order valence-corrected chi connectivity index (χ3v) is 6.22. The first kappa shape index (κ1) is 23.5. The zero-order chi connectivity index (χ0) is 23.9. The van der Waals surface area contributed by atoms with Crippen molar-refractivity contribution in [1.82, 2.24) is 10.3 Å². The van der Waals surface area contributed by atoms with Crippen molar-refractivity contribution in [3.8, 4) is 5.75 Å². The maximum Gasteiger partial charge on any atom is 0.427 e. The number of hydrogen-bond donors (Lipinski definition) is 2. The number of methoxy groups -OCH3 is 1. The van der Waals surface area contributed by atoms with Gasteiger partial charge in [-0.3, -0.25) is 0 Å². The summed E-state index contributed by atoms with van der Waals surface area (Å²) in [6.45, 7) is 2.87. The van der Waals surface area contributed by atoms with Gasteiger partial charge in [0.25, 0.3) is 0 Å². The number of ether oxygens (including phenoxy) is 1. The van der Waals surface area contributed by atoms with Gasteiger partial charge in [-0.05, 0) is 50.0 Å². The van der Waals surface area contributed by atoms with Gasteiger partial charge in [-0.1, -0.05) is 42.5 Å². The van der Waals surface area contributed by atoms with Crippen LogP contribution in [0.1, 0.15) is 42.7 Å². The number of likely N-dealkylation sites (tertiary alicyclic amines) is 1. The SMILES string of the molecule is COC(=O)N/N=C(/CCN1CCCC1)C[C@H](c1ccccc1)c1c(O)c2ccccc2oc1=O. The lowest BCUT2D eigenvalue weighted by atomic mass is 9.86. The van der Waals surface area contributed by atoms with Gasteiger partial charge in [-0.25, -0.2) is 15.0 Å². The zero-order valence-electron chi connectivity index (χ0n) is 19.2. The molecule has 1 aliphatic heterocycles. The first-order valence-electron chi connectivity index (χ1n) is 11.5. The van der Waals surface area contributed by atoms with Gasteiger partial charge >= 0.3 is 11.7 Å². The lowest BCUT2D eigenvalue weighted by Crippen LogP contribution is -2.26. The molecule has 0 spiro atoms. The van der Waals surface area contributed by atoms with Crippen LogP contribution in [-0.4, -0.2) is 48.6 Å². The normalized spacial score (nSPS) is 15.4. The third kappa shape index (κ3) is 5.46. The van der Waals surface area contributed by atoms with Gasteiger partial charge in [0, 0.05) is 24.6 Å². The van der Waals surface area contributed by atoms with E-state index >= 15 is 0 Å². The fourth-order valence-corrected chi connectivity index (χ4v) is 4.43. The second-order valence-electron chi connectivity index (χ2n) is 8.40. The Morgan fingerprint density at radius 2 is 1.85 bits per heavy atom. The molecule has 2 heterocycles. The van der Waals surface area contributed by atoms with Crippen LogP contribution in [0.15, 0.2) is 68.9 Å². The molecule has 0 unspecified atom stereocenters. The van der Waals surface area contributed by atoms with E-state index in [0.29, 0.717) is 29.5 Å². The lowest BCUT2D eigenvalue weighted by Gasteiger charge is -2.21. The lowest BCUT2D eigenvalue weighted by molar-refractivity contribution is 0.171. The van der Waals surface area contributed by atoms with Crippen molar-refractivity contribution < 1.29 is 19.1 Å². The molecule has 0 radical (unpaired) electrons. The van der Waals surface area contributed by atoms with Gasteiger partial charge in [0.05, 0.1) is 18.1 Å². The zero-order valence-corrected chi connectivity index (χ0v) is 19.2. The van der Waals surface area contributed by atoms with Crippen LogP contribution in [0.4, 0.5) is 4.79 Å². The number of nitrogens with zero attached hydrogens (tertiary/aromatic N) is 2. The molecule has 4 rings (SSSR count). The molecule has 178 valence electrons. The summed E-state index contributed by atoms with van der Waals surface area (Å²) in [6.07, 6.45) is 2.60. The van der Waals surface area contributed by atoms with Crippen molar-refractivity contribution in [2.24, 2.45) is 5.10 Å². The number of hydrogen-bond acceptors (Lipinski definition) is 7. The van der Waals surface area contributed by atoms with Crippen molar-refractivity contribution in [2.75, 3.05) is 26.7 Å². The average Bonchev–Trinajstić information content (AvgIpc) is 3.38. The summed E-state index contributed by atoms with van der Waals surface area (Å²) in [4.78, 5) is 27.1. The van der Waals surface area contributed by atoms with Gasteiger partial charge in [0.2, 0.25) is 0 Å². The molecule has 1 atom stereocenters. The first-order valence-corrected chi connectivity index (χ1v) is 11.5. The molecule has 1 saturated heterocycles. The largest absolute Gasteiger partial charge is 0.507 e. The summed E-state index contributed by atoms with van der Waals surface area (Å²) in [5.74, 6) is -0.612. The first-order chi connectivity index (χ1) is 16.6. The predicted molar refractivity (Wildman–Crippen MR) is 130 cm³/mol. The second-order valence-corrected chi connectivity index (χ2v) is 8.40. The van der Waals surface area contributed by atoms with Gasteiger partial charge in [0.15, 0.2) is 0 Å². The Morgan fingerprint density at radius 1 is 1.15 bits per heavy atom. The highest BCUT2D eigenvalue weighted by Crippen LogP contribution is 2.36. The van der Waals surface area contributed by atoms with E-state index in [1.165, 1.54) is 20.0 Å². The molecule has 1 aromatic heterocycles. The van der Waals surface area contributed by atoms with E-state index in [-0.39, 0.29) is 11.3 Å². The monoisotopic (exact) mass is 463 g/mol. The van der Waals surface area contributed by atoms with Crippen LogP contribution in [0.25, 0.3) is 11.0 Å². The fourth-order valence-electron chi connectivity index (χ4n) is 4.43. The maximum absolute atomic E-state index is 13.1. The summed E-state index contributed by atoms with van der Waals surface area (Å²) in [5, 5.41) is 15.9. The van der Waals surface area contributed by atoms with Crippen molar-refractivity contribution in [3.63, 3.8) is 0 Å². The number of hydrazone groups is 1. The van der Waals surface area contributed by atoms with Gasteiger partial charge in [0.1, 0.15) is 11.3 Å². The number of amides is 1. The quantitative estimate of drug-likeness (QED) is 0.294. The number of fused-ring (bicyclic) bond motifs is 1. The maximum atomic E-state index is 13.1. The smallest absolute Gasteiger partial charge is 0.427 e. The van der Waals surface area contributed by atoms with Gasteiger partial charge < -0.3 is 19.2 Å². The minimum Gasteiger partial charge on any atom is -0.507 e. The summed E-state index contributed by atoms with van der Waals surface area (Å²) in [6, 6.07) is 16.4. The molecule has 2 N–H and O–H groups in total. The Labute approximate surface area is 197 Å². The molecule has 8 nitrogen and oxygen atoms in total. The molecule has 8 heteroatoms. The number of benzene rings is 2. The molecule has 1 aliphatic rings. The average molecular weight is 464 g/mol. The summed E-state index contributed by atoms with van der Waals surface area (Å²) >= 11 is 0. The minimum atomic E-state index is -0.664. The summed E-state index contributed by atoms with van der Waals surface area (Å²) < 4.78 is 10.2. The molecule has 34 heavy (non-hydrogen) atoms. The highest BCUT2D eigenvalue weighted by atomic mass is 16.5. The number of carbonyl (C=O) groups is 1. The molecule has 1 amide bonds. The third-order valence-electron chi connectivity index (χ3n) is 6.22. The summed E-state index contributed by atoms with van der Waals surface area (Å²) in [7, 11) is 1.28. The predicted octanol–water partition coefficient (Wildman–Crippen LogP) is 4.22.